The van der Waals surface area contributed by atoms with E-state index in [0.717, 1.165) is 20.8 Å². The lowest BCUT2D eigenvalue weighted by Crippen LogP contribution is -2.86. The van der Waals surface area contributed by atoms with Crippen molar-refractivity contribution in [3.05, 3.63) is 54.1 Å². The minimum absolute atomic E-state index is 0.0514. The zero-order valence-corrected chi connectivity index (χ0v) is 20.5. The van der Waals surface area contributed by atoms with Crippen LogP contribution in [0.1, 0.15) is 38.1 Å². The molecule has 0 saturated carbocycles. The van der Waals surface area contributed by atoms with Crippen molar-refractivity contribution in [1.29, 1.82) is 0 Å². The molecule has 2 aromatic rings. The van der Waals surface area contributed by atoms with Gasteiger partial charge >= 0.3 is 5.97 Å². The number of carbonyl (C=O) groups is 4. The maximum atomic E-state index is 12.8. The molecule has 0 unspecified atom stereocenters. The summed E-state index contributed by atoms with van der Waals surface area (Å²) < 4.78 is 16.3. The standard InChI is InChI=1S/C26H28O10/c1-14(27)24(31)17(4)35-23(25(32,15(2)28)26(24,33)16(3)29)36-21-12-7-6-11-20(21)18-9-8-10-19(13-18)22(30)34-5/h6-13,17,23,31-33H,1-5H3/t17-,23-,24+,25+,26+/m0/s1. The molecule has 3 rings (SSSR count). The van der Waals surface area contributed by atoms with Gasteiger partial charge in [-0.3, -0.25) is 14.4 Å². The Hall–Kier alpha value is -3.44. The van der Waals surface area contributed by atoms with Crippen molar-refractivity contribution in [2.24, 2.45) is 0 Å². The van der Waals surface area contributed by atoms with Crippen LogP contribution in [-0.4, -0.2) is 74.9 Å². The summed E-state index contributed by atoms with van der Waals surface area (Å²) in [5, 5.41) is 34.1. The van der Waals surface area contributed by atoms with E-state index in [1.54, 1.807) is 36.4 Å². The van der Waals surface area contributed by atoms with Crippen LogP contribution in [0.15, 0.2) is 48.5 Å². The van der Waals surface area contributed by atoms with Gasteiger partial charge in [-0.05, 0) is 51.5 Å². The summed E-state index contributed by atoms with van der Waals surface area (Å²) in [7, 11) is 1.24. The number of hydrogen-bond donors (Lipinski definition) is 3. The van der Waals surface area contributed by atoms with Gasteiger partial charge in [-0.15, -0.1) is 0 Å². The van der Waals surface area contributed by atoms with Crippen molar-refractivity contribution in [3.63, 3.8) is 0 Å². The van der Waals surface area contributed by atoms with E-state index >= 15 is 0 Å². The monoisotopic (exact) mass is 500 g/mol. The van der Waals surface area contributed by atoms with E-state index < -0.39 is 52.5 Å². The Morgan fingerprint density at radius 2 is 1.47 bits per heavy atom. The number of aliphatic hydroxyl groups is 3. The number of rotatable bonds is 7. The number of esters is 1. The predicted octanol–water partition coefficient (Wildman–Crippen LogP) is 1.22. The quantitative estimate of drug-likeness (QED) is 0.472. The maximum Gasteiger partial charge on any atom is 0.337 e. The van der Waals surface area contributed by atoms with Crippen LogP contribution < -0.4 is 4.74 Å². The van der Waals surface area contributed by atoms with Crippen LogP contribution in [0.25, 0.3) is 11.1 Å². The molecule has 192 valence electrons. The normalized spacial score (nSPS) is 29.8. The molecule has 0 aliphatic carbocycles. The fourth-order valence-electron chi connectivity index (χ4n) is 4.60. The predicted molar refractivity (Wildman–Crippen MR) is 125 cm³/mol. The largest absolute Gasteiger partial charge is 0.465 e. The summed E-state index contributed by atoms with van der Waals surface area (Å²) >= 11 is 0. The minimum atomic E-state index is -3.29. The van der Waals surface area contributed by atoms with Gasteiger partial charge in [-0.2, -0.15) is 0 Å². The lowest BCUT2D eigenvalue weighted by Gasteiger charge is -2.56. The third-order valence-electron chi connectivity index (χ3n) is 6.66. The van der Waals surface area contributed by atoms with Gasteiger partial charge in [0.2, 0.25) is 17.5 Å². The van der Waals surface area contributed by atoms with Gasteiger partial charge < -0.3 is 29.5 Å². The van der Waals surface area contributed by atoms with Crippen LogP contribution in [-0.2, 0) is 23.9 Å². The average molecular weight is 501 g/mol. The van der Waals surface area contributed by atoms with E-state index in [-0.39, 0.29) is 11.3 Å². The van der Waals surface area contributed by atoms with Crippen molar-refractivity contribution in [2.75, 3.05) is 7.11 Å². The molecular formula is C26H28O10. The zero-order chi connectivity index (χ0) is 27.1. The zero-order valence-electron chi connectivity index (χ0n) is 20.5. The summed E-state index contributed by atoms with van der Waals surface area (Å²) in [4.78, 5) is 49.9. The second-order valence-corrected chi connectivity index (χ2v) is 8.71. The Bertz CT molecular complexity index is 1220. The second kappa shape index (κ2) is 9.55. The molecule has 1 fully saturated rings. The van der Waals surface area contributed by atoms with Gasteiger partial charge in [0.05, 0.1) is 18.8 Å². The van der Waals surface area contributed by atoms with Gasteiger partial charge in [0.1, 0.15) is 5.75 Å². The topological polar surface area (TPSA) is 157 Å². The van der Waals surface area contributed by atoms with Crippen molar-refractivity contribution in [1.82, 2.24) is 0 Å². The average Bonchev–Trinajstić information content (AvgIpc) is 2.85. The molecule has 1 aliphatic rings. The number of methoxy groups -OCH3 is 1. The third-order valence-corrected chi connectivity index (χ3v) is 6.66. The molecule has 1 heterocycles. The second-order valence-electron chi connectivity index (χ2n) is 8.71. The first-order chi connectivity index (χ1) is 16.8. The molecule has 0 spiro atoms. The van der Waals surface area contributed by atoms with E-state index in [1.807, 2.05) is 0 Å². The highest BCUT2D eigenvalue weighted by Crippen LogP contribution is 2.47. The first-order valence-electron chi connectivity index (χ1n) is 11.1. The van der Waals surface area contributed by atoms with E-state index in [0.29, 0.717) is 11.1 Å². The number of hydrogen-bond acceptors (Lipinski definition) is 10. The third kappa shape index (κ3) is 3.82. The van der Waals surface area contributed by atoms with Crippen molar-refractivity contribution in [2.45, 2.75) is 56.9 Å². The van der Waals surface area contributed by atoms with Gasteiger partial charge in [0.15, 0.2) is 23.0 Å². The number of ether oxygens (including phenoxy) is 3. The fraction of sp³-hybridized carbons (Fsp3) is 0.385. The fourth-order valence-corrected chi connectivity index (χ4v) is 4.60. The molecule has 0 amide bonds. The molecule has 3 N–H and O–H groups in total. The van der Waals surface area contributed by atoms with Gasteiger partial charge in [0, 0.05) is 5.56 Å². The first-order valence-corrected chi connectivity index (χ1v) is 11.1. The first kappa shape index (κ1) is 27.2. The summed E-state index contributed by atoms with van der Waals surface area (Å²) in [6, 6.07) is 12.8. The maximum absolute atomic E-state index is 12.8. The molecule has 5 atom stereocenters. The van der Waals surface area contributed by atoms with Crippen LogP contribution in [0.4, 0.5) is 0 Å². The lowest BCUT2D eigenvalue weighted by molar-refractivity contribution is -0.347. The number of Topliss-reactive ketones (excluding diaryl/α,β-unsaturated/α-hetero) is 3. The van der Waals surface area contributed by atoms with Crippen LogP contribution in [0.5, 0.6) is 5.75 Å². The highest BCUT2D eigenvalue weighted by atomic mass is 16.7. The Morgan fingerprint density at radius 1 is 0.861 bits per heavy atom. The smallest absolute Gasteiger partial charge is 0.337 e. The van der Waals surface area contributed by atoms with Gasteiger partial charge in [0.25, 0.3) is 0 Å². The number of ketones is 3. The van der Waals surface area contributed by atoms with E-state index in [2.05, 4.69) is 0 Å². The molecule has 0 bridgehead atoms. The highest BCUT2D eigenvalue weighted by Gasteiger charge is 2.78. The molecule has 2 aromatic carbocycles. The summed E-state index contributed by atoms with van der Waals surface area (Å²) in [6.45, 7) is 3.81. The SMILES string of the molecule is COC(=O)c1cccc(-c2ccccc2O[C@@H]2O[C@@H](C)[C@](O)(C(C)=O)[C@](O)(C(C)=O)[C@@]2(O)C(C)=O)c1. The van der Waals surface area contributed by atoms with E-state index in [9.17, 15) is 34.5 Å². The molecule has 0 aromatic heterocycles. The molecule has 1 saturated heterocycles. The van der Waals surface area contributed by atoms with Crippen molar-refractivity contribution >= 4 is 23.3 Å². The molecule has 36 heavy (non-hydrogen) atoms. The lowest BCUT2D eigenvalue weighted by atomic mass is 9.61. The van der Waals surface area contributed by atoms with Crippen molar-refractivity contribution in [3.8, 4) is 16.9 Å². The number of para-hydroxylation sites is 1. The summed E-state index contributed by atoms with van der Waals surface area (Å²) in [5.41, 5.74) is -8.25. The Kier molecular flexibility index (Phi) is 7.20. The Balaban J connectivity index is 2.17. The van der Waals surface area contributed by atoms with Crippen molar-refractivity contribution < 1.29 is 48.7 Å². The van der Waals surface area contributed by atoms with Crippen LogP contribution in [0.2, 0.25) is 0 Å². The van der Waals surface area contributed by atoms with Gasteiger partial charge in [-0.25, -0.2) is 4.79 Å². The minimum Gasteiger partial charge on any atom is -0.465 e. The molecule has 1 aliphatic heterocycles. The summed E-state index contributed by atoms with van der Waals surface area (Å²) in [6.07, 6.45) is -3.58. The number of carbonyl (C=O) groups excluding carboxylic acids is 4. The Labute approximate surface area is 207 Å². The van der Waals surface area contributed by atoms with Crippen LogP contribution in [0, 0.1) is 0 Å². The van der Waals surface area contributed by atoms with Crippen LogP contribution in [0.3, 0.4) is 0 Å². The van der Waals surface area contributed by atoms with E-state index in [1.165, 1.54) is 26.2 Å². The highest BCUT2D eigenvalue weighted by molar-refractivity contribution is 6.05. The summed E-state index contributed by atoms with van der Waals surface area (Å²) in [5.74, 6) is -4.02. The van der Waals surface area contributed by atoms with Crippen LogP contribution >= 0.6 is 0 Å². The molecular weight excluding hydrogens is 472 g/mol. The molecule has 10 nitrogen and oxygen atoms in total. The molecule has 0 radical (unpaired) electrons. The van der Waals surface area contributed by atoms with E-state index in [4.69, 9.17) is 14.2 Å². The number of benzene rings is 2. The van der Waals surface area contributed by atoms with Gasteiger partial charge in [-0.1, -0.05) is 30.3 Å². The molecule has 10 heteroatoms. The Morgan fingerprint density at radius 3 is 2.03 bits per heavy atom.